The van der Waals surface area contributed by atoms with Crippen LogP contribution >= 0.6 is 0 Å². The molecule has 2 aromatic carbocycles. The lowest BCUT2D eigenvalue weighted by Gasteiger charge is -2.13. The van der Waals surface area contributed by atoms with Gasteiger partial charge in [0.25, 0.3) is 0 Å². The van der Waals surface area contributed by atoms with Gasteiger partial charge in [-0.25, -0.2) is 4.79 Å². The molecule has 0 heterocycles. The molecule has 0 spiro atoms. The van der Waals surface area contributed by atoms with E-state index in [1.54, 1.807) is 13.8 Å². The van der Waals surface area contributed by atoms with Crippen molar-refractivity contribution in [1.29, 1.82) is 0 Å². The smallest absolute Gasteiger partial charge is 0.385 e. The van der Waals surface area contributed by atoms with Crippen molar-refractivity contribution in [2.75, 3.05) is 19.8 Å². The predicted molar refractivity (Wildman–Crippen MR) is 159 cm³/mol. The fourth-order valence-electron chi connectivity index (χ4n) is 2.67. The van der Waals surface area contributed by atoms with Gasteiger partial charge in [-0.1, -0.05) is 42.3 Å². The van der Waals surface area contributed by atoms with Gasteiger partial charge >= 0.3 is 5.97 Å². The van der Waals surface area contributed by atoms with Crippen LogP contribution in [0.25, 0.3) is 10.8 Å². The number of carbonyl (C=O) groups is 1. The van der Waals surface area contributed by atoms with E-state index in [9.17, 15) is 4.79 Å². The van der Waals surface area contributed by atoms with Crippen molar-refractivity contribution < 1.29 is 19.0 Å². The monoisotopic (exact) mass is 528 g/mol. The minimum Gasteiger partial charge on any atom is -0.491 e. The van der Waals surface area contributed by atoms with E-state index in [0.29, 0.717) is 13.2 Å². The third-order valence-corrected chi connectivity index (χ3v) is 4.25. The van der Waals surface area contributed by atoms with Crippen LogP contribution in [-0.2, 0) is 14.3 Å². The quantitative estimate of drug-likeness (QED) is 0.240. The van der Waals surface area contributed by atoms with Crippen molar-refractivity contribution in [1.82, 2.24) is 0 Å². The number of benzene rings is 2. The first-order valence-electron chi connectivity index (χ1n) is 12.0. The average Bonchev–Trinajstić information content (AvgIpc) is 2.98. The van der Waals surface area contributed by atoms with Gasteiger partial charge in [-0.15, -0.1) is 0 Å². The molecule has 4 heteroatoms. The number of carbonyl (C=O) groups excluding carboxylic acids is 1. The second kappa shape index (κ2) is 20.6. The van der Waals surface area contributed by atoms with Crippen LogP contribution in [0.4, 0.5) is 0 Å². The molecule has 0 bridgehead atoms. The molecule has 0 fully saturated rings. The SMILES string of the molecule is CC#CC#CC#CC#CC#CC#CC#CC#CC#CC#CC(=O)OC(C)COCCOc1cccc2ccccc12. The zero-order valence-electron chi connectivity index (χ0n) is 22.4. The van der Waals surface area contributed by atoms with Gasteiger partial charge in [0.1, 0.15) is 18.5 Å². The average molecular weight is 529 g/mol. The zero-order valence-corrected chi connectivity index (χ0v) is 22.4. The molecule has 0 amide bonds. The van der Waals surface area contributed by atoms with Gasteiger partial charge < -0.3 is 14.2 Å². The summed E-state index contributed by atoms with van der Waals surface area (Å²) in [7, 11) is 0. The minimum absolute atomic E-state index is 0.212. The normalized spacial score (nSPS) is 8.15. The highest BCUT2D eigenvalue weighted by Gasteiger charge is 2.07. The molecule has 0 saturated carbocycles. The van der Waals surface area contributed by atoms with E-state index in [4.69, 9.17) is 14.2 Å². The summed E-state index contributed by atoms with van der Waals surface area (Å²) in [5.41, 5.74) is 0. The molecule has 0 aliphatic heterocycles. The summed E-state index contributed by atoms with van der Waals surface area (Å²) < 4.78 is 16.5. The van der Waals surface area contributed by atoms with Gasteiger partial charge in [0.15, 0.2) is 0 Å². The molecule has 1 atom stereocenters. The van der Waals surface area contributed by atoms with E-state index in [0.717, 1.165) is 16.5 Å². The van der Waals surface area contributed by atoms with E-state index in [1.165, 1.54) is 0 Å². The molecule has 0 saturated heterocycles. The maximum absolute atomic E-state index is 11.8. The summed E-state index contributed by atoms with van der Waals surface area (Å²) in [6, 6.07) is 13.9. The Morgan fingerprint density at radius 1 is 0.659 bits per heavy atom. The Kier molecular flexibility index (Phi) is 15.4. The maximum atomic E-state index is 11.8. The second-order valence-electron chi connectivity index (χ2n) is 7.24. The van der Waals surface area contributed by atoms with Crippen molar-refractivity contribution >= 4 is 16.7 Å². The first-order chi connectivity index (χ1) is 20.2. The first-order valence-corrected chi connectivity index (χ1v) is 12.0. The highest BCUT2D eigenvalue weighted by Crippen LogP contribution is 2.24. The van der Waals surface area contributed by atoms with Crippen LogP contribution in [-0.4, -0.2) is 31.9 Å². The standard InChI is InChI=1S/C37H20O4/c1-3-4-5-6-7-8-9-10-11-12-13-14-15-16-17-18-19-20-21-29-37(38)41-33(2)32-39-30-31-40-36-28-24-26-34-25-22-23-27-35(34)36/h22-28,33H,30-32H2,1-2H3. The Morgan fingerprint density at radius 2 is 1.17 bits per heavy atom. The van der Waals surface area contributed by atoms with E-state index in [-0.39, 0.29) is 6.61 Å². The highest BCUT2D eigenvalue weighted by molar-refractivity contribution is 5.89. The Morgan fingerprint density at radius 3 is 1.76 bits per heavy atom. The number of hydrogen-bond donors (Lipinski definition) is 0. The van der Waals surface area contributed by atoms with Crippen molar-refractivity contribution in [3.05, 3.63) is 42.5 Å². The topological polar surface area (TPSA) is 44.8 Å². The Labute approximate surface area is 241 Å². The lowest BCUT2D eigenvalue weighted by Crippen LogP contribution is -2.21. The second-order valence-corrected chi connectivity index (χ2v) is 7.24. The molecule has 192 valence electrons. The van der Waals surface area contributed by atoms with Crippen LogP contribution in [0.2, 0.25) is 0 Å². The van der Waals surface area contributed by atoms with Gasteiger partial charge in [-0.05, 0) is 120 Å². The van der Waals surface area contributed by atoms with E-state index >= 15 is 0 Å². The number of hydrogen-bond acceptors (Lipinski definition) is 4. The summed E-state index contributed by atoms with van der Waals surface area (Å²) >= 11 is 0. The van der Waals surface area contributed by atoms with Crippen LogP contribution in [0.3, 0.4) is 0 Å². The van der Waals surface area contributed by atoms with E-state index in [1.807, 2.05) is 42.5 Å². The van der Waals surface area contributed by atoms with Gasteiger partial charge in [0.2, 0.25) is 0 Å². The van der Waals surface area contributed by atoms with Crippen molar-refractivity contribution in [2.24, 2.45) is 0 Å². The molecule has 2 aromatic rings. The summed E-state index contributed by atoms with van der Waals surface area (Å²) in [5.74, 6) is 49.8. The van der Waals surface area contributed by atoms with Gasteiger partial charge in [-0.3, -0.25) is 0 Å². The largest absolute Gasteiger partial charge is 0.491 e. The molecule has 1 unspecified atom stereocenters. The Bertz CT molecular complexity index is 1890. The number of ether oxygens (including phenoxy) is 3. The maximum Gasteiger partial charge on any atom is 0.385 e. The molecule has 41 heavy (non-hydrogen) atoms. The molecule has 0 aliphatic rings. The molecule has 0 aliphatic carbocycles. The predicted octanol–water partition coefficient (Wildman–Crippen LogP) is 3.22. The van der Waals surface area contributed by atoms with E-state index in [2.05, 4.69) is 118 Å². The highest BCUT2D eigenvalue weighted by atomic mass is 16.6. The summed E-state index contributed by atoms with van der Waals surface area (Å²) in [4.78, 5) is 11.8. The van der Waals surface area contributed by atoms with Crippen LogP contribution in [0, 0.1) is 118 Å². The van der Waals surface area contributed by atoms with Crippen LogP contribution < -0.4 is 4.74 Å². The summed E-state index contributed by atoms with van der Waals surface area (Å²) in [5, 5.41) is 2.15. The summed E-state index contributed by atoms with van der Waals surface area (Å²) in [6.07, 6.45) is -0.477. The number of fused-ring (bicyclic) bond motifs is 1. The van der Waals surface area contributed by atoms with Crippen LogP contribution in [0.15, 0.2) is 42.5 Å². The van der Waals surface area contributed by atoms with Crippen molar-refractivity contribution in [2.45, 2.75) is 20.0 Å². The van der Waals surface area contributed by atoms with Crippen molar-refractivity contribution in [3.63, 3.8) is 0 Å². The molecule has 2 rings (SSSR count). The number of rotatable bonds is 7. The Balaban J connectivity index is 1.63. The van der Waals surface area contributed by atoms with Gasteiger partial charge in [0, 0.05) is 23.1 Å². The third kappa shape index (κ3) is 14.8. The molecule has 0 N–H and O–H groups in total. The molecule has 0 aromatic heterocycles. The van der Waals surface area contributed by atoms with E-state index < -0.39 is 12.1 Å². The summed E-state index contributed by atoms with van der Waals surface area (Å²) in [6.45, 7) is 4.33. The van der Waals surface area contributed by atoms with Crippen molar-refractivity contribution in [3.8, 4) is 124 Å². The molecule has 4 nitrogen and oxygen atoms in total. The minimum atomic E-state index is -0.709. The molecular formula is C37H20O4. The molecular weight excluding hydrogens is 508 g/mol. The Hall–Kier alpha value is -6.47. The van der Waals surface area contributed by atoms with Gasteiger partial charge in [-0.2, -0.15) is 0 Å². The lowest BCUT2D eigenvalue weighted by atomic mass is 10.1. The van der Waals surface area contributed by atoms with Crippen LogP contribution in [0.1, 0.15) is 13.8 Å². The number of esters is 1. The lowest BCUT2D eigenvalue weighted by molar-refractivity contribution is -0.143. The molecule has 0 radical (unpaired) electrons. The van der Waals surface area contributed by atoms with Crippen LogP contribution in [0.5, 0.6) is 5.75 Å². The zero-order chi connectivity index (χ0) is 29.2. The third-order valence-electron chi connectivity index (χ3n) is 4.25. The van der Waals surface area contributed by atoms with Gasteiger partial charge in [0.05, 0.1) is 13.2 Å². The first kappa shape index (κ1) is 30.8. The fourth-order valence-corrected chi connectivity index (χ4v) is 2.67. The fraction of sp³-hybridized carbons (Fsp3) is 0.162.